The van der Waals surface area contributed by atoms with Crippen LogP contribution in [0.1, 0.15) is 53.9 Å². The topological polar surface area (TPSA) is 38.8 Å². The second kappa shape index (κ2) is 6.41. The molecule has 0 aliphatic carbocycles. The van der Waals surface area contributed by atoms with Crippen molar-refractivity contribution in [1.82, 2.24) is 4.90 Å². The molecule has 0 N–H and O–H groups in total. The molecule has 1 rings (SSSR count). The predicted molar refractivity (Wildman–Crippen MR) is 71.7 cm³/mol. The molecule has 106 valence electrons. The molecule has 0 bridgehead atoms. The third-order valence-electron chi connectivity index (χ3n) is 3.68. The van der Waals surface area contributed by atoms with Gasteiger partial charge in [0.2, 0.25) is 0 Å². The molecule has 4 nitrogen and oxygen atoms in total. The van der Waals surface area contributed by atoms with Gasteiger partial charge in [0.05, 0.1) is 0 Å². The zero-order valence-electron chi connectivity index (χ0n) is 12.4. The Morgan fingerprint density at radius 3 is 2.33 bits per heavy atom. The smallest absolute Gasteiger partial charge is 0.431 e. The average Bonchev–Trinajstić information content (AvgIpc) is 2.29. The fourth-order valence-corrected chi connectivity index (χ4v) is 1.97. The molecule has 1 aliphatic rings. The van der Waals surface area contributed by atoms with Crippen molar-refractivity contribution in [2.24, 2.45) is 0 Å². The summed E-state index contributed by atoms with van der Waals surface area (Å²) < 4.78 is 10.7. The van der Waals surface area contributed by atoms with Crippen LogP contribution in [0, 0.1) is 0 Å². The number of piperidine rings is 1. The summed E-state index contributed by atoms with van der Waals surface area (Å²) in [6.45, 7) is 12.2. The maximum atomic E-state index is 11.6. The van der Waals surface area contributed by atoms with E-state index in [4.69, 9.17) is 9.47 Å². The third kappa shape index (κ3) is 4.84. The Balaban J connectivity index is 2.31. The Labute approximate surface area is 111 Å². The summed E-state index contributed by atoms with van der Waals surface area (Å²) in [5.41, 5.74) is -0.435. The first-order valence-electron chi connectivity index (χ1n) is 6.97. The Kier molecular flexibility index (Phi) is 5.45. The van der Waals surface area contributed by atoms with Gasteiger partial charge in [-0.2, -0.15) is 0 Å². The Morgan fingerprint density at radius 2 is 1.89 bits per heavy atom. The molecule has 18 heavy (non-hydrogen) atoms. The summed E-state index contributed by atoms with van der Waals surface area (Å²) in [5.74, 6) is 0. The maximum absolute atomic E-state index is 11.6. The number of hydrogen-bond acceptors (Lipinski definition) is 4. The van der Waals surface area contributed by atoms with Crippen LogP contribution in [0.5, 0.6) is 0 Å². The Hall–Kier alpha value is -0.770. The van der Waals surface area contributed by atoms with Crippen LogP contribution in [-0.2, 0) is 9.47 Å². The van der Waals surface area contributed by atoms with E-state index in [0.29, 0.717) is 6.04 Å². The minimum absolute atomic E-state index is 0.0140. The van der Waals surface area contributed by atoms with E-state index in [-0.39, 0.29) is 6.10 Å². The largest absolute Gasteiger partial charge is 0.509 e. The van der Waals surface area contributed by atoms with Crippen molar-refractivity contribution in [3.05, 3.63) is 0 Å². The van der Waals surface area contributed by atoms with E-state index in [2.05, 4.69) is 18.7 Å². The maximum Gasteiger partial charge on any atom is 0.509 e. The van der Waals surface area contributed by atoms with Gasteiger partial charge in [-0.1, -0.05) is 6.92 Å². The van der Waals surface area contributed by atoms with Crippen LogP contribution >= 0.6 is 0 Å². The molecular weight excluding hydrogens is 230 g/mol. The summed E-state index contributed by atoms with van der Waals surface area (Å²) in [4.78, 5) is 14.0. The van der Waals surface area contributed by atoms with E-state index < -0.39 is 11.8 Å². The molecular formula is C14H27NO3. The summed E-state index contributed by atoms with van der Waals surface area (Å²) in [6, 6.07) is 0.567. The third-order valence-corrected chi connectivity index (χ3v) is 3.68. The van der Waals surface area contributed by atoms with Crippen molar-refractivity contribution >= 4 is 6.16 Å². The van der Waals surface area contributed by atoms with E-state index >= 15 is 0 Å². The highest BCUT2D eigenvalue weighted by Gasteiger charge is 2.27. The van der Waals surface area contributed by atoms with Gasteiger partial charge in [0, 0.05) is 19.1 Å². The molecule has 1 saturated heterocycles. The molecule has 1 aliphatic heterocycles. The highest BCUT2D eigenvalue weighted by atomic mass is 16.7. The molecule has 0 aromatic carbocycles. The minimum atomic E-state index is -0.523. The van der Waals surface area contributed by atoms with Gasteiger partial charge >= 0.3 is 6.16 Å². The minimum Gasteiger partial charge on any atom is -0.431 e. The SMILES string of the molecule is CCC(C)(C)OC(=O)OC1CCN(C(C)C)CC1. The van der Waals surface area contributed by atoms with Crippen LogP contribution in [0.15, 0.2) is 0 Å². The number of hydrogen-bond donors (Lipinski definition) is 0. The van der Waals surface area contributed by atoms with Gasteiger partial charge in [-0.25, -0.2) is 4.79 Å². The Bertz CT molecular complexity index is 268. The highest BCUT2D eigenvalue weighted by Crippen LogP contribution is 2.19. The normalized spacial score (nSPS) is 19.0. The number of carbonyl (C=O) groups excluding carboxylic acids is 1. The second-order valence-electron chi connectivity index (χ2n) is 5.91. The van der Waals surface area contributed by atoms with E-state index in [0.717, 1.165) is 32.4 Å². The lowest BCUT2D eigenvalue weighted by Gasteiger charge is -2.34. The summed E-state index contributed by atoms with van der Waals surface area (Å²) in [5, 5.41) is 0. The molecule has 1 heterocycles. The first-order chi connectivity index (χ1) is 8.34. The standard InChI is InChI=1S/C14H27NO3/c1-6-14(4,5)18-13(16)17-12-7-9-15(10-8-12)11(2)3/h11-12H,6-10H2,1-5H3. The molecule has 0 unspecified atom stereocenters. The Morgan fingerprint density at radius 1 is 1.33 bits per heavy atom. The van der Waals surface area contributed by atoms with Crippen molar-refractivity contribution in [2.75, 3.05) is 13.1 Å². The summed E-state index contributed by atoms with van der Waals surface area (Å²) in [7, 11) is 0. The molecule has 0 saturated carbocycles. The number of carbonyl (C=O) groups is 1. The molecule has 0 aromatic heterocycles. The first-order valence-corrected chi connectivity index (χ1v) is 6.97. The lowest BCUT2D eigenvalue weighted by atomic mass is 10.1. The summed E-state index contributed by atoms with van der Waals surface area (Å²) in [6.07, 6.45) is 2.08. The monoisotopic (exact) mass is 257 g/mol. The van der Waals surface area contributed by atoms with Gasteiger partial charge in [-0.3, -0.25) is 0 Å². The molecule has 0 atom stereocenters. The first kappa shape index (κ1) is 15.3. The van der Waals surface area contributed by atoms with Crippen LogP contribution in [0.4, 0.5) is 4.79 Å². The van der Waals surface area contributed by atoms with Gasteiger partial charge in [0.25, 0.3) is 0 Å². The lowest BCUT2D eigenvalue weighted by molar-refractivity contribution is -0.0481. The molecule has 1 fully saturated rings. The van der Waals surface area contributed by atoms with Crippen LogP contribution in [0.3, 0.4) is 0 Å². The molecule has 0 aromatic rings. The van der Waals surface area contributed by atoms with Crippen molar-refractivity contribution in [2.45, 2.75) is 71.6 Å². The van der Waals surface area contributed by atoms with Gasteiger partial charge in [-0.05, 0) is 47.0 Å². The predicted octanol–water partition coefficient (Wildman–Crippen LogP) is 3.20. The van der Waals surface area contributed by atoms with Gasteiger partial charge in [0.1, 0.15) is 11.7 Å². The second-order valence-corrected chi connectivity index (χ2v) is 5.91. The van der Waals surface area contributed by atoms with Gasteiger partial charge in [-0.15, -0.1) is 0 Å². The van der Waals surface area contributed by atoms with E-state index in [9.17, 15) is 4.79 Å². The zero-order valence-corrected chi connectivity index (χ0v) is 12.4. The molecule has 0 amide bonds. The van der Waals surface area contributed by atoms with E-state index in [1.165, 1.54) is 0 Å². The van der Waals surface area contributed by atoms with Crippen molar-refractivity contribution in [1.29, 1.82) is 0 Å². The van der Waals surface area contributed by atoms with Crippen LogP contribution in [0.2, 0.25) is 0 Å². The number of ether oxygens (including phenoxy) is 2. The molecule has 0 spiro atoms. The molecule has 4 heteroatoms. The van der Waals surface area contributed by atoms with Gasteiger partial charge in [0.15, 0.2) is 0 Å². The fourth-order valence-electron chi connectivity index (χ4n) is 1.97. The van der Waals surface area contributed by atoms with Crippen molar-refractivity contribution < 1.29 is 14.3 Å². The molecule has 0 radical (unpaired) electrons. The van der Waals surface area contributed by atoms with Gasteiger partial charge < -0.3 is 14.4 Å². The lowest BCUT2D eigenvalue weighted by Crippen LogP contribution is -2.42. The number of nitrogens with zero attached hydrogens (tertiary/aromatic N) is 1. The zero-order chi connectivity index (χ0) is 13.8. The fraction of sp³-hybridized carbons (Fsp3) is 0.929. The summed E-state index contributed by atoms with van der Waals surface area (Å²) >= 11 is 0. The van der Waals surface area contributed by atoms with Crippen molar-refractivity contribution in [3.8, 4) is 0 Å². The van der Waals surface area contributed by atoms with E-state index in [1.54, 1.807) is 0 Å². The van der Waals surface area contributed by atoms with Crippen LogP contribution in [0.25, 0.3) is 0 Å². The van der Waals surface area contributed by atoms with E-state index in [1.807, 2.05) is 20.8 Å². The highest BCUT2D eigenvalue weighted by molar-refractivity contribution is 5.60. The van der Waals surface area contributed by atoms with Crippen LogP contribution < -0.4 is 0 Å². The number of likely N-dealkylation sites (tertiary alicyclic amines) is 1. The van der Waals surface area contributed by atoms with Crippen LogP contribution in [-0.4, -0.2) is 41.9 Å². The quantitative estimate of drug-likeness (QED) is 0.725. The average molecular weight is 257 g/mol. The van der Waals surface area contributed by atoms with Crippen molar-refractivity contribution in [3.63, 3.8) is 0 Å². The number of rotatable bonds is 4.